The maximum absolute atomic E-state index is 12.6. The normalized spacial score (nSPS) is 33.8. The smallest absolute Gasteiger partial charge is 0.245 e. The van der Waals surface area contributed by atoms with Crippen molar-refractivity contribution in [3.05, 3.63) is 0 Å². The zero-order chi connectivity index (χ0) is 15.0. The van der Waals surface area contributed by atoms with Crippen LogP contribution in [0.1, 0.15) is 51.9 Å². The van der Waals surface area contributed by atoms with Crippen LogP contribution in [0.3, 0.4) is 0 Å². The van der Waals surface area contributed by atoms with Gasteiger partial charge in [-0.3, -0.25) is 9.59 Å². The fraction of sp³-hybridized carbons (Fsp3) is 0.875. The topological polar surface area (TPSA) is 58.6 Å². The second-order valence-electron chi connectivity index (χ2n) is 6.74. The lowest BCUT2D eigenvalue weighted by Gasteiger charge is -2.57. The Kier molecular flexibility index (Phi) is 3.95. The Balaban J connectivity index is 1.68. The van der Waals surface area contributed by atoms with Gasteiger partial charge in [0.1, 0.15) is 6.04 Å². The predicted octanol–water partition coefficient (Wildman–Crippen LogP) is 1.46. The van der Waals surface area contributed by atoms with Crippen molar-refractivity contribution in [3.8, 4) is 0 Å². The maximum Gasteiger partial charge on any atom is 0.245 e. The highest BCUT2D eigenvalue weighted by Gasteiger charge is 2.59. The summed E-state index contributed by atoms with van der Waals surface area (Å²) < 4.78 is 5.91. The standard InChI is InChI=1S/C16H26N2O3/c1-3-21-13-10-12(16(13)8-4-5-9-16)18(2)15(20)11-6-7-14(19)17-11/h11-13H,3-10H2,1-2H3,(H,17,19)/t11-,12-,13-/m1/s1. The van der Waals surface area contributed by atoms with Crippen LogP contribution in [0.4, 0.5) is 0 Å². The maximum atomic E-state index is 12.6. The van der Waals surface area contributed by atoms with Crippen molar-refractivity contribution in [2.45, 2.75) is 70.1 Å². The van der Waals surface area contributed by atoms with Crippen LogP contribution in [0.15, 0.2) is 0 Å². The Morgan fingerprint density at radius 2 is 2.14 bits per heavy atom. The molecular weight excluding hydrogens is 268 g/mol. The van der Waals surface area contributed by atoms with E-state index in [1.165, 1.54) is 12.8 Å². The molecule has 3 rings (SSSR count). The molecule has 0 radical (unpaired) electrons. The third kappa shape index (κ3) is 2.35. The SMILES string of the molecule is CCO[C@@H]1C[C@@H](N(C)C(=O)[C@H]2CCC(=O)N2)C12CCCC2. The third-order valence-corrected chi connectivity index (χ3v) is 5.75. The Morgan fingerprint density at radius 1 is 1.43 bits per heavy atom. The lowest BCUT2D eigenvalue weighted by atomic mass is 9.60. The summed E-state index contributed by atoms with van der Waals surface area (Å²) in [7, 11) is 1.90. The molecular formula is C16H26N2O3. The summed E-state index contributed by atoms with van der Waals surface area (Å²) >= 11 is 0. The van der Waals surface area contributed by atoms with Gasteiger partial charge in [-0.2, -0.15) is 0 Å². The molecule has 1 heterocycles. The van der Waals surface area contributed by atoms with Crippen molar-refractivity contribution in [1.82, 2.24) is 10.2 Å². The fourth-order valence-electron chi connectivity index (χ4n) is 4.59. The van der Waals surface area contributed by atoms with Gasteiger partial charge in [-0.25, -0.2) is 0 Å². The van der Waals surface area contributed by atoms with Gasteiger partial charge in [-0.05, 0) is 32.6 Å². The first-order chi connectivity index (χ1) is 10.1. The minimum atomic E-state index is -0.313. The molecule has 1 N–H and O–H groups in total. The molecule has 3 atom stereocenters. The first-order valence-electron chi connectivity index (χ1n) is 8.26. The van der Waals surface area contributed by atoms with E-state index in [1.54, 1.807) is 0 Å². The second kappa shape index (κ2) is 5.59. The highest BCUT2D eigenvalue weighted by atomic mass is 16.5. The largest absolute Gasteiger partial charge is 0.378 e. The molecule has 0 bridgehead atoms. The van der Waals surface area contributed by atoms with Crippen LogP contribution in [0.2, 0.25) is 0 Å². The van der Waals surface area contributed by atoms with Gasteiger partial charge in [-0.15, -0.1) is 0 Å². The number of hydrogen-bond acceptors (Lipinski definition) is 3. The summed E-state index contributed by atoms with van der Waals surface area (Å²) in [5.41, 5.74) is 0.170. The fourth-order valence-corrected chi connectivity index (χ4v) is 4.59. The number of rotatable bonds is 4. The summed E-state index contributed by atoms with van der Waals surface area (Å²) in [4.78, 5) is 25.8. The molecule has 0 unspecified atom stereocenters. The molecule has 3 aliphatic rings. The minimum absolute atomic E-state index is 0.00173. The van der Waals surface area contributed by atoms with Crippen LogP contribution < -0.4 is 5.32 Å². The van der Waals surface area contributed by atoms with Crippen LogP contribution in [0.5, 0.6) is 0 Å². The monoisotopic (exact) mass is 294 g/mol. The number of amides is 2. The van der Waals surface area contributed by atoms with Crippen LogP contribution in [0, 0.1) is 5.41 Å². The number of carbonyl (C=O) groups excluding carboxylic acids is 2. The van der Waals surface area contributed by atoms with E-state index in [1.807, 2.05) is 18.9 Å². The number of ether oxygens (including phenoxy) is 1. The van der Waals surface area contributed by atoms with Gasteiger partial charge in [0.05, 0.1) is 6.10 Å². The van der Waals surface area contributed by atoms with E-state index in [0.717, 1.165) is 25.9 Å². The van der Waals surface area contributed by atoms with Crippen molar-refractivity contribution in [2.24, 2.45) is 5.41 Å². The van der Waals surface area contributed by atoms with Crippen LogP contribution in [0.25, 0.3) is 0 Å². The van der Waals surface area contributed by atoms with Gasteiger partial charge in [0.15, 0.2) is 0 Å². The molecule has 1 aliphatic heterocycles. The highest BCUT2D eigenvalue weighted by molar-refractivity contribution is 5.91. The number of nitrogens with one attached hydrogen (secondary N) is 1. The molecule has 0 aromatic carbocycles. The first-order valence-corrected chi connectivity index (χ1v) is 8.26. The van der Waals surface area contributed by atoms with E-state index in [2.05, 4.69) is 5.32 Å². The number of likely N-dealkylation sites (N-methyl/N-ethyl adjacent to an activating group) is 1. The van der Waals surface area contributed by atoms with E-state index in [4.69, 9.17) is 4.74 Å². The molecule has 1 saturated heterocycles. The molecule has 0 aromatic rings. The lowest BCUT2D eigenvalue weighted by molar-refractivity contribution is -0.173. The summed E-state index contributed by atoms with van der Waals surface area (Å²) in [6, 6.07) is -0.0337. The number of hydrogen-bond donors (Lipinski definition) is 1. The van der Waals surface area contributed by atoms with Gasteiger partial charge >= 0.3 is 0 Å². The van der Waals surface area contributed by atoms with Gasteiger partial charge in [-0.1, -0.05) is 12.8 Å². The molecule has 2 aliphatic carbocycles. The molecule has 2 saturated carbocycles. The van der Waals surface area contributed by atoms with Crippen molar-refractivity contribution in [2.75, 3.05) is 13.7 Å². The first kappa shape index (κ1) is 14.8. The van der Waals surface area contributed by atoms with Crippen molar-refractivity contribution in [3.63, 3.8) is 0 Å². The molecule has 0 aromatic heterocycles. The van der Waals surface area contributed by atoms with Gasteiger partial charge < -0.3 is 15.0 Å². The molecule has 3 fully saturated rings. The van der Waals surface area contributed by atoms with Crippen molar-refractivity contribution in [1.29, 1.82) is 0 Å². The van der Waals surface area contributed by atoms with Gasteiger partial charge in [0.2, 0.25) is 11.8 Å². The Bertz CT molecular complexity index is 431. The second-order valence-corrected chi connectivity index (χ2v) is 6.74. The summed E-state index contributed by atoms with van der Waals surface area (Å²) in [6.45, 7) is 2.79. The Labute approximate surface area is 126 Å². The summed E-state index contributed by atoms with van der Waals surface area (Å²) in [6.07, 6.45) is 7.16. The van der Waals surface area contributed by atoms with E-state index in [9.17, 15) is 9.59 Å². The van der Waals surface area contributed by atoms with E-state index in [0.29, 0.717) is 18.9 Å². The zero-order valence-corrected chi connectivity index (χ0v) is 13.1. The predicted molar refractivity (Wildman–Crippen MR) is 78.7 cm³/mol. The van der Waals surface area contributed by atoms with Crippen molar-refractivity contribution >= 4 is 11.8 Å². The zero-order valence-electron chi connectivity index (χ0n) is 13.1. The van der Waals surface area contributed by atoms with Gasteiger partial charge in [0.25, 0.3) is 0 Å². The average Bonchev–Trinajstić information content (AvgIpc) is 3.11. The Hall–Kier alpha value is -1.10. The average molecular weight is 294 g/mol. The molecule has 1 spiro atoms. The number of nitrogens with zero attached hydrogens (tertiary/aromatic N) is 1. The van der Waals surface area contributed by atoms with Crippen LogP contribution >= 0.6 is 0 Å². The minimum Gasteiger partial charge on any atom is -0.378 e. The van der Waals surface area contributed by atoms with Crippen LogP contribution in [-0.4, -0.2) is 48.6 Å². The molecule has 2 amide bonds. The highest BCUT2D eigenvalue weighted by Crippen LogP contribution is 2.56. The quantitative estimate of drug-likeness (QED) is 0.854. The van der Waals surface area contributed by atoms with E-state index >= 15 is 0 Å². The van der Waals surface area contributed by atoms with Crippen LogP contribution in [-0.2, 0) is 14.3 Å². The summed E-state index contributed by atoms with van der Waals surface area (Å²) in [5.74, 6) is 0.0743. The molecule has 5 nitrogen and oxygen atoms in total. The van der Waals surface area contributed by atoms with E-state index < -0.39 is 0 Å². The lowest BCUT2D eigenvalue weighted by Crippen LogP contribution is -2.65. The third-order valence-electron chi connectivity index (χ3n) is 5.75. The number of carbonyl (C=O) groups is 2. The molecule has 118 valence electrons. The Morgan fingerprint density at radius 3 is 2.71 bits per heavy atom. The molecule has 5 heteroatoms. The molecule has 21 heavy (non-hydrogen) atoms. The summed E-state index contributed by atoms with van der Waals surface area (Å²) in [5, 5.41) is 2.79. The van der Waals surface area contributed by atoms with E-state index in [-0.39, 0.29) is 29.3 Å². The van der Waals surface area contributed by atoms with Crippen molar-refractivity contribution < 1.29 is 14.3 Å². The van der Waals surface area contributed by atoms with Gasteiger partial charge in [0, 0.05) is 31.5 Å².